The van der Waals surface area contributed by atoms with Crippen LogP contribution in [0, 0.1) is 5.92 Å². The monoisotopic (exact) mass is 346 g/mol. The van der Waals surface area contributed by atoms with Gasteiger partial charge in [0.2, 0.25) is 0 Å². The van der Waals surface area contributed by atoms with Crippen LogP contribution in [-0.2, 0) is 0 Å². The van der Waals surface area contributed by atoms with Crippen molar-refractivity contribution in [2.45, 2.75) is 51.2 Å². The Balaban J connectivity index is 1.47. The van der Waals surface area contributed by atoms with Crippen LogP contribution >= 0.6 is 0 Å². The number of rotatable bonds is 7. The summed E-state index contributed by atoms with van der Waals surface area (Å²) < 4.78 is 5.91. The standard InChI is InChI=1S/C20H30N2O3/c1-15-9-11-22(12-10-15)14-16(23)13-21-20(24)18-7-2-3-8-19(18)25-17-5-4-6-17/h2-3,7-8,15-17,23H,4-6,9-14H2,1H3,(H,21,24). The topological polar surface area (TPSA) is 61.8 Å². The smallest absolute Gasteiger partial charge is 0.255 e. The van der Waals surface area contributed by atoms with Gasteiger partial charge in [-0.1, -0.05) is 19.1 Å². The Morgan fingerprint density at radius 2 is 2.00 bits per heavy atom. The number of hydrogen-bond acceptors (Lipinski definition) is 4. The number of piperidine rings is 1. The van der Waals surface area contributed by atoms with Crippen LogP contribution in [0.4, 0.5) is 0 Å². The first-order chi connectivity index (χ1) is 12.1. The quantitative estimate of drug-likeness (QED) is 0.796. The molecule has 0 bridgehead atoms. The summed E-state index contributed by atoms with van der Waals surface area (Å²) in [5.41, 5.74) is 0.549. The summed E-state index contributed by atoms with van der Waals surface area (Å²) in [6.45, 7) is 5.22. The summed E-state index contributed by atoms with van der Waals surface area (Å²) in [5, 5.41) is 13.1. The number of amides is 1. The highest BCUT2D eigenvalue weighted by atomic mass is 16.5. The fourth-order valence-corrected chi connectivity index (χ4v) is 3.34. The summed E-state index contributed by atoms with van der Waals surface area (Å²) in [4.78, 5) is 14.8. The lowest BCUT2D eigenvalue weighted by molar-refractivity contribution is 0.0785. The number of carbonyl (C=O) groups is 1. The molecule has 0 aromatic heterocycles. The van der Waals surface area contributed by atoms with E-state index in [-0.39, 0.29) is 18.6 Å². The molecule has 1 saturated carbocycles. The molecule has 2 N–H and O–H groups in total. The van der Waals surface area contributed by atoms with Crippen molar-refractivity contribution in [1.82, 2.24) is 10.2 Å². The third-order valence-electron chi connectivity index (χ3n) is 5.32. The van der Waals surface area contributed by atoms with Gasteiger partial charge in [-0.2, -0.15) is 0 Å². The van der Waals surface area contributed by atoms with Crippen LogP contribution in [0.2, 0.25) is 0 Å². The lowest BCUT2D eigenvalue weighted by Crippen LogP contribution is -2.43. The summed E-state index contributed by atoms with van der Waals surface area (Å²) in [6, 6.07) is 7.35. The Kier molecular flexibility index (Phi) is 6.32. The molecule has 1 aliphatic heterocycles. The molecule has 25 heavy (non-hydrogen) atoms. The van der Waals surface area contributed by atoms with E-state index in [4.69, 9.17) is 4.74 Å². The SMILES string of the molecule is CC1CCN(CC(O)CNC(=O)c2ccccc2OC2CCC2)CC1. The van der Waals surface area contributed by atoms with Gasteiger partial charge in [-0.15, -0.1) is 0 Å². The number of likely N-dealkylation sites (tertiary alicyclic amines) is 1. The van der Waals surface area contributed by atoms with E-state index in [1.807, 2.05) is 18.2 Å². The van der Waals surface area contributed by atoms with Crippen molar-refractivity contribution in [3.8, 4) is 5.75 Å². The summed E-state index contributed by atoms with van der Waals surface area (Å²) in [6.07, 6.45) is 5.38. The van der Waals surface area contributed by atoms with E-state index in [9.17, 15) is 9.90 Å². The van der Waals surface area contributed by atoms with Gasteiger partial charge in [0.05, 0.1) is 17.8 Å². The average molecular weight is 346 g/mol. The number of ether oxygens (including phenoxy) is 1. The van der Waals surface area contributed by atoms with E-state index in [1.165, 1.54) is 19.3 Å². The van der Waals surface area contributed by atoms with Crippen molar-refractivity contribution in [3.63, 3.8) is 0 Å². The Morgan fingerprint density at radius 1 is 1.28 bits per heavy atom. The second-order valence-corrected chi connectivity index (χ2v) is 7.51. The molecular weight excluding hydrogens is 316 g/mol. The van der Waals surface area contributed by atoms with Crippen molar-refractivity contribution < 1.29 is 14.6 Å². The van der Waals surface area contributed by atoms with Gasteiger partial charge < -0.3 is 20.1 Å². The zero-order valence-corrected chi connectivity index (χ0v) is 15.1. The van der Waals surface area contributed by atoms with Gasteiger partial charge in [0.15, 0.2) is 0 Å². The molecule has 3 rings (SSSR count). The molecule has 1 unspecified atom stereocenters. The van der Waals surface area contributed by atoms with Crippen LogP contribution in [0.5, 0.6) is 5.75 Å². The number of β-amino-alcohol motifs (C(OH)–C–C–N with tert-alkyl or cyclic N) is 1. The van der Waals surface area contributed by atoms with Crippen LogP contribution in [0.3, 0.4) is 0 Å². The van der Waals surface area contributed by atoms with Crippen molar-refractivity contribution in [1.29, 1.82) is 0 Å². The molecule has 1 amide bonds. The minimum Gasteiger partial charge on any atom is -0.490 e. The Labute approximate surface area is 150 Å². The zero-order valence-electron chi connectivity index (χ0n) is 15.1. The van der Waals surface area contributed by atoms with Crippen molar-refractivity contribution in [2.24, 2.45) is 5.92 Å². The Morgan fingerprint density at radius 3 is 2.68 bits per heavy atom. The normalized spacial score (nSPS) is 20.7. The molecule has 1 aromatic rings. The number of nitrogens with one attached hydrogen (secondary N) is 1. The highest BCUT2D eigenvalue weighted by Crippen LogP contribution is 2.27. The summed E-state index contributed by atoms with van der Waals surface area (Å²) >= 11 is 0. The first kappa shape index (κ1) is 18.2. The number of aliphatic hydroxyl groups is 1. The number of carbonyl (C=O) groups excluding carboxylic acids is 1. The molecule has 2 aliphatic rings. The number of hydrogen-bond donors (Lipinski definition) is 2. The van der Waals surface area contributed by atoms with Gasteiger partial charge in [-0.05, 0) is 63.2 Å². The molecule has 5 nitrogen and oxygen atoms in total. The molecule has 1 heterocycles. The van der Waals surface area contributed by atoms with Crippen LogP contribution in [-0.4, -0.2) is 54.3 Å². The zero-order chi connectivity index (χ0) is 17.6. The van der Waals surface area contributed by atoms with E-state index < -0.39 is 6.10 Å². The van der Waals surface area contributed by atoms with Gasteiger partial charge in [0.1, 0.15) is 5.75 Å². The molecule has 1 aromatic carbocycles. The number of para-hydroxylation sites is 1. The lowest BCUT2D eigenvalue weighted by Gasteiger charge is -2.31. The van der Waals surface area contributed by atoms with Gasteiger partial charge in [-0.25, -0.2) is 0 Å². The minimum absolute atomic E-state index is 0.179. The average Bonchev–Trinajstić information content (AvgIpc) is 2.58. The van der Waals surface area contributed by atoms with E-state index in [0.29, 0.717) is 17.9 Å². The predicted octanol–water partition coefficient (Wildman–Crippen LogP) is 2.44. The van der Waals surface area contributed by atoms with Crippen molar-refractivity contribution in [3.05, 3.63) is 29.8 Å². The van der Waals surface area contributed by atoms with E-state index in [0.717, 1.165) is 31.8 Å². The van der Waals surface area contributed by atoms with E-state index in [1.54, 1.807) is 6.07 Å². The van der Waals surface area contributed by atoms with Crippen molar-refractivity contribution >= 4 is 5.91 Å². The number of benzene rings is 1. The predicted molar refractivity (Wildman–Crippen MR) is 97.9 cm³/mol. The van der Waals surface area contributed by atoms with E-state index in [2.05, 4.69) is 17.1 Å². The van der Waals surface area contributed by atoms with Gasteiger partial charge >= 0.3 is 0 Å². The first-order valence-corrected chi connectivity index (χ1v) is 9.56. The second kappa shape index (κ2) is 8.68. The highest BCUT2D eigenvalue weighted by Gasteiger charge is 2.22. The second-order valence-electron chi connectivity index (χ2n) is 7.51. The van der Waals surface area contributed by atoms with Gasteiger partial charge in [-0.3, -0.25) is 4.79 Å². The molecule has 138 valence electrons. The third kappa shape index (κ3) is 5.19. The van der Waals surface area contributed by atoms with Crippen LogP contribution < -0.4 is 10.1 Å². The van der Waals surface area contributed by atoms with Crippen LogP contribution in [0.1, 0.15) is 49.4 Å². The van der Waals surface area contributed by atoms with Gasteiger partial charge in [0, 0.05) is 13.1 Å². The van der Waals surface area contributed by atoms with Gasteiger partial charge in [0.25, 0.3) is 5.91 Å². The molecule has 1 aliphatic carbocycles. The molecule has 5 heteroatoms. The maximum absolute atomic E-state index is 12.5. The lowest BCUT2D eigenvalue weighted by atomic mass is 9.96. The molecule has 1 atom stereocenters. The fraction of sp³-hybridized carbons (Fsp3) is 0.650. The molecular formula is C20H30N2O3. The van der Waals surface area contributed by atoms with Crippen LogP contribution in [0.15, 0.2) is 24.3 Å². The highest BCUT2D eigenvalue weighted by molar-refractivity contribution is 5.96. The first-order valence-electron chi connectivity index (χ1n) is 9.56. The Bertz CT molecular complexity index is 566. The minimum atomic E-state index is -0.544. The molecule has 2 fully saturated rings. The maximum Gasteiger partial charge on any atom is 0.255 e. The number of nitrogens with zero attached hydrogens (tertiary/aromatic N) is 1. The van der Waals surface area contributed by atoms with E-state index >= 15 is 0 Å². The Hall–Kier alpha value is -1.59. The third-order valence-corrected chi connectivity index (χ3v) is 5.32. The largest absolute Gasteiger partial charge is 0.490 e. The number of aliphatic hydroxyl groups excluding tert-OH is 1. The molecule has 0 radical (unpaired) electrons. The maximum atomic E-state index is 12.5. The molecule has 0 spiro atoms. The fourth-order valence-electron chi connectivity index (χ4n) is 3.34. The van der Waals surface area contributed by atoms with Crippen molar-refractivity contribution in [2.75, 3.05) is 26.2 Å². The van der Waals surface area contributed by atoms with Crippen LogP contribution in [0.25, 0.3) is 0 Å². The summed E-state index contributed by atoms with van der Waals surface area (Å²) in [5.74, 6) is 1.24. The molecule has 1 saturated heterocycles. The summed E-state index contributed by atoms with van der Waals surface area (Å²) in [7, 11) is 0.